The fourth-order valence-corrected chi connectivity index (χ4v) is 8.23. The van der Waals surface area contributed by atoms with E-state index in [0.717, 1.165) is 12.1 Å². The van der Waals surface area contributed by atoms with Crippen LogP contribution in [0.25, 0.3) is 52.6 Å². The number of hydrogen-bond donors (Lipinski definition) is 0. The van der Waals surface area contributed by atoms with Gasteiger partial charge in [-0.2, -0.15) is 0 Å². The topological polar surface area (TPSA) is 12.9 Å². The summed E-state index contributed by atoms with van der Waals surface area (Å²) in [6.45, 7) is 13.8. The predicted octanol–water partition coefficient (Wildman–Crippen LogP) is 10.8. The second-order valence-electron chi connectivity index (χ2n) is 11.6. The van der Waals surface area contributed by atoms with Crippen molar-refractivity contribution in [1.29, 1.82) is 0 Å². The number of rotatable bonds is 4. The van der Waals surface area contributed by atoms with Gasteiger partial charge in [0.25, 0.3) is 0 Å². The van der Waals surface area contributed by atoms with Crippen LogP contribution in [0.1, 0.15) is 50.6 Å². The van der Waals surface area contributed by atoms with Crippen LogP contribution >= 0.6 is 22.7 Å². The lowest BCUT2D eigenvalue weighted by Crippen LogP contribution is -2.12. The Morgan fingerprint density at radius 1 is 0.811 bits per heavy atom. The molecular formula is C34H33NS2. The zero-order valence-electron chi connectivity index (χ0n) is 22.5. The van der Waals surface area contributed by atoms with E-state index >= 15 is 0 Å². The van der Waals surface area contributed by atoms with Gasteiger partial charge in [-0.3, -0.25) is 4.98 Å². The maximum atomic E-state index is 4.94. The first-order valence-electron chi connectivity index (χ1n) is 13.1. The number of thiophene rings is 2. The van der Waals surface area contributed by atoms with Crippen molar-refractivity contribution in [3.8, 4) is 21.7 Å². The van der Waals surface area contributed by atoms with Crippen molar-refractivity contribution in [1.82, 2.24) is 4.98 Å². The van der Waals surface area contributed by atoms with Crippen LogP contribution in [0.2, 0.25) is 0 Å². The van der Waals surface area contributed by atoms with Gasteiger partial charge in [-0.15, -0.1) is 22.7 Å². The van der Waals surface area contributed by atoms with Crippen LogP contribution < -0.4 is 0 Å². The average molecular weight is 520 g/mol. The summed E-state index contributed by atoms with van der Waals surface area (Å²) in [5.74, 6) is 0.660. The molecular weight excluding hydrogens is 487 g/mol. The second-order valence-corrected chi connectivity index (χ2v) is 13.8. The Kier molecular flexibility index (Phi) is 5.97. The number of benzene rings is 3. The van der Waals surface area contributed by atoms with Gasteiger partial charge < -0.3 is 0 Å². The van der Waals surface area contributed by atoms with Gasteiger partial charge in [0.1, 0.15) is 0 Å². The number of aryl methyl sites for hydroxylation is 1. The molecule has 0 unspecified atom stereocenters. The van der Waals surface area contributed by atoms with Crippen LogP contribution in [0, 0.1) is 12.8 Å². The highest BCUT2D eigenvalue weighted by Crippen LogP contribution is 2.45. The molecule has 0 spiro atoms. The molecule has 0 radical (unpaired) electrons. The minimum atomic E-state index is 0.0461. The van der Waals surface area contributed by atoms with Crippen LogP contribution in [0.4, 0.5) is 0 Å². The van der Waals surface area contributed by atoms with Crippen molar-refractivity contribution >= 4 is 53.6 Å². The fraction of sp³-hybridized carbons (Fsp3) is 0.265. The third-order valence-corrected chi connectivity index (χ3v) is 9.85. The molecule has 0 N–H and O–H groups in total. The minimum absolute atomic E-state index is 0.0461. The van der Waals surface area contributed by atoms with Gasteiger partial charge in [0.2, 0.25) is 0 Å². The Labute approximate surface area is 227 Å². The summed E-state index contributed by atoms with van der Waals surface area (Å²) in [7, 11) is 0. The molecule has 0 saturated carbocycles. The van der Waals surface area contributed by atoms with E-state index in [4.69, 9.17) is 4.98 Å². The molecule has 6 aromatic rings. The summed E-state index contributed by atoms with van der Waals surface area (Å²) >= 11 is 3.86. The van der Waals surface area contributed by atoms with Gasteiger partial charge in [0.05, 0.1) is 10.4 Å². The summed E-state index contributed by atoms with van der Waals surface area (Å²) < 4.78 is 2.68. The van der Waals surface area contributed by atoms with Crippen molar-refractivity contribution < 1.29 is 0 Å². The van der Waals surface area contributed by atoms with Gasteiger partial charge in [-0.1, -0.05) is 77.1 Å². The van der Waals surface area contributed by atoms with Crippen LogP contribution in [0.5, 0.6) is 0 Å². The smallest absolute Gasteiger partial charge is 0.0880 e. The zero-order chi connectivity index (χ0) is 25.9. The van der Waals surface area contributed by atoms with Gasteiger partial charge in [-0.25, -0.2) is 0 Å². The zero-order valence-corrected chi connectivity index (χ0v) is 24.1. The van der Waals surface area contributed by atoms with E-state index in [1.54, 1.807) is 0 Å². The first-order valence-corrected chi connectivity index (χ1v) is 14.8. The molecule has 0 aliphatic carbocycles. The normalized spacial score (nSPS) is 12.4. The van der Waals surface area contributed by atoms with Gasteiger partial charge in [0, 0.05) is 31.8 Å². The molecule has 3 aromatic heterocycles. The summed E-state index contributed by atoms with van der Waals surface area (Å²) in [5, 5.41) is 5.27. The number of pyridine rings is 1. The highest BCUT2D eigenvalue weighted by molar-refractivity contribution is 7.24. The molecule has 0 aliphatic rings. The number of hydrogen-bond acceptors (Lipinski definition) is 3. The quantitative estimate of drug-likeness (QED) is 0.226. The van der Waals surface area contributed by atoms with Crippen molar-refractivity contribution in [2.75, 3.05) is 0 Å². The maximum absolute atomic E-state index is 4.94. The molecule has 3 heteroatoms. The van der Waals surface area contributed by atoms with E-state index in [1.807, 2.05) is 28.9 Å². The Hall–Kier alpha value is -3.01. The molecule has 186 valence electrons. The van der Waals surface area contributed by atoms with Crippen molar-refractivity contribution in [3.05, 3.63) is 88.9 Å². The summed E-state index contributed by atoms with van der Waals surface area (Å²) in [6.07, 6.45) is 3.11. The lowest BCUT2D eigenvalue weighted by molar-refractivity contribution is 0.596. The maximum Gasteiger partial charge on any atom is 0.0880 e. The Morgan fingerprint density at radius 2 is 1.59 bits per heavy atom. The molecule has 0 fully saturated rings. The van der Waals surface area contributed by atoms with E-state index in [-0.39, 0.29) is 5.41 Å². The third kappa shape index (κ3) is 4.28. The number of nitrogens with zero attached hydrogens (tertiary/aromatic N) is 1. The molecule has 0 atom stereocenters. The summed E-state index contributed by atoms with van der Waals surface area (Å²) in [4.78, 5) is 7.78. The monoisotopic (exact) mass is 519 g/mol. The Balaban J connectivity index is 1.54. The lowest BCUT2D eigenvalue weighted by Gasteiger charge is -2.22. The van der Waals surface area contributed by atoms with Crippen molar-refractivity contribution in [2.45, 2.75) is 53.4 Å². The van der Waals surface area contributed by atoms with Crippen LogP contribution in [-0.4, -0.2) is 4.98 Å². The number of aromatic nitrogens is 1. The average Bonchev–Trinajstić information content (AvgIpc) is 3.43. The van der Waals surface area contributed by atoms with Gasteiger partial charge in [0.15, 0.2) is 0 Å². The molecule has 0 bridgehead atoms. The predicted molar refractivity (Wildman–Crippen MR) is 165 cm³/mol. The van der Waals surface area contributed by atoms with Gasteiger partial charge in [-0.05, 0) is 81.6 Å². The third-order valence-electron chi connectivity index (χ3n) is 7.30. The second kappa shape index (κ2) is 9.08. The molecule has 0 saturated heterocycles. The minimum Gasteiger partial charge on any atom is -0.255 e. The van der Waals surface area contributed by atoms with Crippen LogP contribution in [0.3, 0.4) is 0 Å². The standard InChI is InChI=1S/C34H33NS2/c1-20(2)16-29-21(3)25-12-9-13-27(33(25)36-29)30-19-23-14-15-35-31(32(23)37-30)24-17-22-10-7-8-11-26(22)28(18-24)34(4,5)6/h7-15,17-20H,16H2,1-6H3. The molecule has 37 heavy (non-hydrogen) atoms. The molecule has 0 amide bonds. The highest BCUT2D eigenvalue weighted by Gasteiger charge is 2.21. The largest absolute Gasteiger partial charge is 0.255 e. The molecule has 1 nitrogen and oxygen atoms in total. The number of fused-ring (bicyclic) bond motifs is 3. The van der Waals surface area contributed by atoms with Crippen LogP contribution in [-0.2, 0) is 11.8 Å². The summed E-state index contributed by atoms with van der Waals surface area (Å²) in [6, 6.07) is 24.8. The van der Waals surface area contributed by atoms with Gasteiger partial charge >= 0.3 is 0 Å². The van der Waals surface area contributed by atoms with Crippen molar-refractivity contribution in [3.63, 3.8) is 0 Å². The molecule has 3 aromatic carbocycles. The van der Waals surface area contributed by atoms with E-state index in [9.17, 15) is 0 Å². The van der Waals surface area contributed by atoms with E-state index in [0.29, 0.717) is 5.92 Å². The van der Waals surface area contributed by atoms with Crippen LogP contribution in [0.15, 0.2) is 72.9 Å². The highest BCUT2D eigenvalue weighted by atomic mass is 32.1. The fourth-order valence-electron chi connectivity index (χ4n) is 5.42. The summed E-state index contributed by atoms with van der Waals surface area (Å²) in [5.41, 5.74) is 6.50. The first-order chi connectivity index (χ1) is 17.7. The lowest BCUT2D eigenvalue weighted by atomic mass is 9.82. The molecule has 6 rings (SSSR count). The molecule has 0 aliphatic heterocycles. The van der Waals surface area contributed by atoms with E-state index in [1.165, 1.54) is 63.0 Å². The van der Waals surface area contributed by atoms with E-state index < -0.39 is 0 Å². The first kappa shape index (κ1) is 24.3. The SMILES string of the molecule is Cc1c(CC(C)C)sc2c(-c3cc4ccnc(-c5cc(C(C)(C)C)c6ccccc6c5)c4s3)cccc12. The Morgan fingerprint density at radius 3 is 2.38 bits per heavy atom. The van der Waals surface area contributed by atoms with Crippen molar-refractivity contribution in [2.24, 2.45) is 5.92 Å². The van der Waals surface area contributed by atoms with E-state index in [2.05, 4.69) is 108 Å². The Bertz CT molecular complexity index is 1780. The molecule has 3 heterocycles.